The lowest BCUT2D eigenvalue weighted by Crippen LogP contribution is -2.24. The standard InChI is InChI=1S/C18H14F2N4O2S2/c19-12-6-7-13(14(20)8-12)16(26)22-17-23-24-18(28-17)27-10-15(25)21-9-11-4-2-1-3-5-11/h1-8H,9-10H2,(H,21,25)(H,22,23,26). The van der Waals surface area contributed by atoms with Gasteiger partial charge in [0.25, 0.3) is 5.91 Å². The van der Waals surface area contributed by atoms with Crippen LogP contribution < -0.4 is 10.6 Å². The van der Waals surface area contributed by atoms with Gasteiger partial charge >= 0.3 is 0 Å². The van der Waals surface area contributed by atoms with E-state index in [9.17, 15) is 18.4 Å². The van der Waals surface area contributed by atoms with Crippen molar-refractivity contribution in [2.75, 3.05) is 11.1 Å². The Hall–Kier alpha value is -2.85. The molecule has 144 valence electrons. The zero-order valence-corrected chi connectivity index (χ0v) is 15.9. The van der Waals surface area contributed by atoms with Gasteiger partial charge in [-0.3, -0.25) is 14.9 Å². The van der Waals surface area contributed by atoms with Gasteiger partial charge in [-0.05, 0) is 17.7 Å². The molecule has 3 aromatic rings. The molecule has 3 rings (SSSR count). The molecule has 2 aromatic carbocycles. The average Bonchev–Trinajstić information content (AvgIpc) is 3.12. The smallest absolute Gasteiger partial charge is 0.260 e. The van der Waals surface area contributed by atoms with E-state index < -0.39 is 17.5 Å². The number of hydrogen-bond donors (Lipinski definition) is 2. The van der Waals surface area contributed by atoms with E-state index >= 15 is 0 Å². The fraction of sp³-hybridized carbons (Fsp3) is 0.111. The highest BCUT2D eigenvalue weighted by Crippen LogP contribution is 2.25. The van der Waals surface area contributed by atoms with Crippen molar-refractivity contribution < 1.29 is 18.4 Å². The van der Waals surface area contributed by atoms with Gasteiger partial charge in [0.05, 0.1) is 11.3 Å². The van der Waals surface area contributed by atoms with Crippen LogP contribution in [0.1, 0.15) is 15.9 Å². The Morgan fingerprint density at radius 3 is 2.61 bits per heavy atom. The highest BCUT2D eigenvalue weighted by atomic mass is 32.2. The second-order valence-electron chi connectivity index (χ2n) is 5.50. The van der Waals surface area contributed by atoms with Gasteiger partial charge in [-0.1, -0.05) is 53.4 Å². The van der Waals surface area contributed by atoms with Crippen LogP contribution in [0.3, 0.4) is 0 Å². The number of anilines is 1. The molecule has 6 nitrogen and oxygen atoms in total. The fourth-order valence-electron chi connectivity index (χ4n) is 2.13. The first-order valence-corrected chi connectivity index (χ1v) is 9.85. The molecule has 0 aliphatic rings. The number of halogens is 2. The molecule has 1 heterocycles. The number of benzene rings is 2. The van der Waals surface area contributed by atoms with Gasteiger partial charge in [-0.25, -0.2) is 8.78 Å². The topological polar surface area (TPSA) is 84.0 Å². The summed E-state index contributed by atoms with van der Waals surface area (Å²) in [6.45, 7) is 0.431. The van der Waals surface area contributed by atoms with Crippen LogP contribution in [0.2, 0.25) is 0 Å². The van der Waals surface area contributed by atoms with Gasteiger partial charge in [-0.2, -0.15) is 0 Å². The molecule has 0 bridgehead atoms. The molecule has 2 N–H and O–H groups in total. The Labute approximate surface area is 167 Å². The zero-order chi connectivity index (χ0) is 19.9. The Kier molecular flexibility index (Phi) is 6.66. The van der Waals surface area contributed by atoms with Crippen LogP contribution >= 0.6 is 23.1 Å². The second kappa shape index (κ2) is 9.38. The Balaban J connectivity index is 1.48. The fourth-order valence-corrected chi connectivity index (χ4v) is 3.71. The van der Waals surface area contributed by atoms with Crippen molar-refractivity contribution >= 4 is 40.0 Å². The number of rotatable bonds is 7. The van der Waals surface area contributed by atoms with Crippen molar-refractivity contribution in [1.82, 2.24) is 15.5 Å². The number of carbonyl (C=O) groups is 2. The average molecular weight is 420 g/mol. The minimum Gasteiger partial charge on any atom is -0.351 e. The summed E-state index contributed by atoms with van der Waals surface area (Å²) in [4.78, 5) is 23.9. The summed E-state index contributed by atoms with van der Waals surface area (Å²) < 4.78 is 27.0. The number of nitrogens with one attached hydrogen (secondary N) is 2. The van der Waals surface area contributed by atoms with Gasteiger partial charge < -0.3 is 5.32 Å². The third-order valence-corrected chi connectivity index (χ3v) is 5.43. The molecule has 0 radical (unpaired) electrons. The summed E-state index contributed by atoms with van der Waals surface area (Å²) in [5.74, 6) is -2.52. The summed E-state index contributed by atoms with van der Waals surface area (Å²) in [6.07, 6.45) is 0. The number of nitrogens with zero attached hydrogens (tertiary/aromatic N) is 2. The first-order chi connectivity index (χ1) is 13.5. The van der Waals surface area contributed by atoms with Crippen LogP contribution in [0.25, 0.3) is 0 Å². The molecular weight excluding hydrogens is 406 g/mol. The van der Waals surface area contributed by atoms with E-state index in [-0.39, 0.29) is 22.4 Å². The monoisotopic (exact) mass is 420 g/mol. The molecular formula is C18H14F2N4O2S2. The van der Waals surface area contributed by atoms with Crippen LogP contribution in [0.4, 0.5) is 13.9 Å². The lowest BCUT2D eigenvalue weighted by Gasteiger charge is -2.04. The molecule has 0 spiro atoms. The molecule has 0 atom stereocenters. The van der Waals surface area contributed by atoms with Crippen LogP contribution in [-0.2, 0) is 11.3 Å². The van der Waals surface area contributed by atoms with Crippen molar-refractivity contribution in [3.63, 3.8) is 0 Å². The summed E-state index contributed by atoms with van der Waals surface area (Å²) in [6, 6.07) is 12.2. The first-order valence-electron chi connectivity index (χ1n) is 8.04. The van der Waals surface area contributed by atoms with Gasteiger partial charge in [0.15, 0.2) is 4.34 Å². The first kappa shape index (κ1) is 19.9. The maximum Gasteiger partial charge on any atom is 0.260 e. The molecule has 1 aromatic heterocycles. The second-order valence-corrected chi connectivity index (χ2v) is 7.70. The van der Waals surface area contributed by atoms with Gasteiger partial charge in [-0.15, -0.1) is 10.2 Å². The Bertz CT molecular complexity index is 983. The van der Waals surface area contributed by atoms with E-state index in [4.69, 9.17) is 0 Å². The van der Waals surface area contributed by atoms with Crippen molar-refractivity contribution in [1.29, 1.82) is 0 Å². The lowest BCUT2D eigenvalue weighted by molar-refractivity contribution is -0.118. The van der Waals surface area contributed by atoms with Crippen molar-refractivity contribution in [2.24, 2.45) is 0 Å². The summed E-state index contributed by atoms with van der Waals surface area (Å²) >= 11 is 2.22. The molecule has 0 saturated carbocycles. The van der Waals surface area contributed by atoms with E-state index in [0.717, 1.165) is 29.0 Å². The third-order valence-electron chi connectivity index (χ3n) is 3.46. The van der Waals surface area contributed by atoms with Crippen LogP contribution in [0.15, 0.2) is 52.9 Å². The molecule has 28 heavy (non-hydrogen) atoms. The summed E-state index contributed by atoms with van der Waals surface area (Å²) in [5.41, 5.74) is 0.695. The van der Waals surface area contributed by atoms with Gasteiger partial charge in [0, 0.05) is 12.6 Å². The quantitative estimate of drug-likeness (QED) is 0.452. The SMILES string of the molecule is O=C(CSc1nnc(NC(=O)c2ccc(F)cc2F)s1)NCc1ccccc1. The largest absolute Gasteiger partial charge is 0.351 e. The van der Waals surface area contributed by atoms with Crippen LogP contribution in [0.5, 0.6) is 0 Å². The lowest BCUT2D eigenvalue weighted by atomic mass is 10.2. The van der Waals surface area contributed by atoms with Crippen molar-refractivity contribution in [3.05, 3.63) is 71.3 Å². The number of hydrogen-bond acceptors (Lipinski definition) is 6. The minimum atomic E-state index is -0.966. The zero-order valence-electron chi connectivity index (χ0n) is 14.3. The highest BCUT2D eigenvalue weighted by Gasteiger charge is 2.15. The summed E-state index contributed by atoms with van der Waals surface area (Å²) in [5, 5.41) is 13.0. The molecule has 0 aliphatic carbocycles. The van der Waals surface area contributed by atoms with Gasteiger partial charge in [0.1, 0.15) is 11.6 Å². The Morgan fingerprint density at radius 1 is 1.07 bits per heavy atom. The number of carbonyl (C=O) groups excluding carboxylic acids is 2. The molecule has 2 amide bonds. The maximum absolute atomic E-state index is 13.6. The number of aromatic nitrogens is 2. The van der Waals surface area contributed by atoms with E-state index in [2.05, 4.69) is 20.8 Å². The molecule has 10 heteroatoms. The highest BCUT2D eigenvalue weighted by molar-refractivity contribution is 8.01. The van der Waals surface area contributed by atoms with E-state index in [1.54, 1.807) is 0 Å². The van der Waals surface area contributed by atoms with Crippen LogP contribution in [-0.4, -0.2) is 27.8 Å². The van der Waals surface area contributed by atoms with Crippen molar-refractivity contribution in [3.8, 4) is 0 Å². The molecule has 0 aliphatic heterocycles. The Morgan fingerprint density at radius 2 is 1.86 bits per heavy atom. The van der Waals surface area contributed by atoms with Crippen LogP contribution in [0, 0.1) is 11.6 Å². The predicted octanol–water partition coefficient (Wildman–Crippen LogP) is 3.48. The number of amides is 2. The van der Waals surface area contributed by atoms with E-state index in [1.807, 2.05) is 30.3 Å². The molecule has 0 saturated heterocycles. The summed E-state index contributed by atoms with van der Waals surface area (Å²) in [7, 11) is 0. The van der Waals surface area contributed by atoms with E-state index in [1.165, 1.54) is 11.8 Å². The normalized spacial score (nSPS) is 10.5. The van der Waals surface area contributed by atoms with Crippen molar-refractivity contribution in [2.45, 2.75) is 10.9 Å². The maximum atomic E-state index is 13.6. The molecule has 0 unspecified atom stereocenters. The third kappa shape index (κ3) is 5.57. The number of thioether (sulfide) groups is 1. The molecule has 0 fully saturated rings. The predicted molar refractivity (Wildman–Crippen MR) is 103 cm³/mol. The van der Waals surface area contributed by atoms with E-state index in [0.29, 0.717) is 17.0 Å². The minimum absolute atomic E-state index is 0.141. The van der Waals surface area contributed by atoms with Gasteiger partial charge in [0.2, 0.25) is 11.0 Å².